The molecule has 4 heteroatoms. The molecule has 1 aromatic heterocycles. The average Bonchev–Trinajstić information content (AvgIpc) is 2.16. The normalized spacial score (nSPS) is 11.2. The maximum atomic E-state index is 11.7. The molecule has 1 aromatic rings. The lowest BCUT2D eigenvalue weighted by molar-refractivity contribution is 0.0945. The summed E-state index contributed by atoms with van der Waals surface area (Å²) in [6.07, 6.45) is 2.49. The summed E-state index contributed by atoms with van der Waals surface area (Å²) in [5.74, 6) is -0.206. The summed E-state index contributed by atoms with van der Waals surface area (Å²) in [5, 5.41) is 2.81. The van der Waals surface area contributed by atoms with Crippen LogP contribution in [-0.2, 0) is 0 Å². The molecule has 1 amide bonds. The Bertz CT molecular complexity index is 369. The zero-order chi connectivity index (χ0) is 12.2. The van der Waals surface area contributed by atoms with Gasteiger partial charge in [0.1, 0.15) is 0 Å². The highest BCUT2D eigenvalue weighted by Gasteiger charge is 2.13. The van der Waals surface area contributed by atoms with Crippen molar-refractivity contribution < 1.29 is 4.79 Å². The predicted molar refractivity (Wildman–Crippen MR) is 65.1 cm³/mol. The molecule has 1 heterocycles. The molecular formula is C12H19N3O. The number of hydrogen-bond donors (Lipinski definition) is 2. The van der Waals surface area contributed by atoms with Crippen LogP contribution < -0.4 is 11.1 Å². The number of nitrogens with one attached hydrogen (secondary N) is 1. The minimum Gasteiger partial charge on any atom is -0.397 e. The molecule has 0 saturated heterocycles. The van der Waals surface area contributed by atoms with Gasteiger partial charge in [-0.15, -0.1) is 0 Å². The highest BCUT2D eigenvalue weighted by Crippen LogP contribution is 2.17. The minimum atomic E-state index is -0.206. The SMILES string of the molecule is CC(C)(C)CCNC(=O)c1ncccc1N. The maximum absolute atomic E-state index is 11.7. The highest BCUT2D eigenvalue weighted by atomic mass is 16.1. The number of hydrogen-bond acceptors (Lipinski definition) is 3. The van der Waals surface area contributed by atoms with Crippen LogP contribution in [0.4, 0.5) is 5.69 Å². The first-order chi connectivity index (χ1) is 7.40. The van der Waals surface area contributed by atoms with Gasteiger partial charge in [0.05, 0.1) is 5.69 Å². The Morgan fingerprint density at radius 2 is 2.19 bits per heavy atom. The molecule has 88 valence electrons. The summed E-state index contributed by atoms with van der Waals surface area (Å²) in [6, 6.07) is 3.38. The lowest BCUT2D eigenvalue weighted by atomic mass is 9.92. The minimum absolute atomic E-state index is 0.206. The topological polar surface area (TPSA) is 68.0 Å². The second kappa shape index (κ2) is 4.96. The number of nitrogen functional groups attached to an aromatic ring is 1. The van der Waals surface area contributed by atoms with Crippen molar-refractivity contribution in [3.05, 3.63) is 24.0 Å². The van der Waals surface area contributed by atoms with Crippen LogP contribution in [0.15, 0.2) is 18.3 Å². The molecule has 0 aliphatic carbocycles. The van der Waals surface area contributed by atoms with Crippen molar-refractivity contribution in [1.82, 2.24) is 10.3 Å². The van der Waals surface area contributed by atoms with E-state index in [-0.39, 0.29) is 11.3 Å². The van der Waals surface area contributed by atoms with E-state index in [1.807, 2.05) is 0 Å². The molecule has 0 saturated carbocycles. The third-order valence-electron chi connectivity index (χ3n) is 2.21. The third kappa shape index (κ3) is 3.88. The van der Waals surface area contributed by atoms with E-state index in [0.29, 0.717) is 17.9 Å². The van der Waals surface area contributed by atoms with Gasteiger partial charge in [-0.3, -0.25) is 4.79 Å². The molecule has 0 unspecified atom stereocenters. The van der Waals surface area contributed by atoms with E-state index >= 15 is 0 Å². The molecule has 0 bridgehead atoms. The first-order valence-electron chi connectivity index (χ1n) is 5.39. The summed E-state index contributed by atoms with van der Waals surface area (Å²) >= 11 is 0. The van der Waals surface area contributed by atoms with Gasteiger partial charge in [-0.1, -0.05) is 20.8 Å². The van der Waals surface area contributed by atoms with Crippen molar-refractivity contribution in [2.24, 2.45) is 5.41 Å². The number of rotatable bonds is 3. The Morgan fingerprint density at radius 1 is 1.50 bits per heavy atom. The molecule has 3 N–H and O–H groups in total. The summed E-state index contributed by atoms with van der Waals surface area (Å²) in [4.78, 5) is 15.7. The second-order valence-corrected chi connectivity index (χ2v) is 5.01. The van der Waals surface area contributed by atoms with Gasteiger partial charge in [0.2, 0.25) is 0 Å². The average molecular weight is 221 g/mol. The molecule has 0 atom stereocenters. The first-order valence-corrected chi connectivity index (χ1v) is 5.39. The van der Waals surface area contributed by atoms with Gasteiger partial charge in [0.15, 0.2) is 5.69 Å². The van der Waals surface area contributed by atoms with Crippen molar-refractivity contribution in [1.29, 1.82) is 0 Å². The Morgan fingerprint density at radius 3 is 2.75 bits per heavy atom. The van der Waals surface area contributed by atoms with E-state index in [1.54, 1.807) is 18.3 Å². The lowest BCUT2D eigenvalue weighted by Gasteiger charge is -2.18. The number of nitrogens with two attached hydrogens (primary N) is 1. The third-order valence-corrected chi connectivity index (χ3v) is 2.21. The predicted octanol–water partition coefficient (Wildman–Crippen LogP) is 1.83. The molecule has 1 rings (SSSR count). The zero-order valence-corrected chi connectivity index (χ0v) is 10.1. The number of amides is 1. The molecule has 0 aliphatic heterocycles. The summed E-state index contributed by atoms with van der Waals surface area (Å²) in [5.41, 5.74) is 6.58. The fraction of sp³-hybridized carbons (Fsp3) is 0.500. The lowest BCUT2D eigenvalue weighted by Crippen LogP contribution is -2.28. The van der Waals surface area contributed by atoms with E-state index in [1.165, 1.54) is 0 Å². The van der Waals surface area contributed by atoms with Crippen molar-refractivity contribution in [2.45, 2.75) is 27.2 Å². The van der Waals surface area contributed by atoms with E-state index in [2.05, 4.69) is 31.1 Å². The van der Waals surface area contributed by atoms with Crippen LogP contribution >= 0.6 is 0 Å². The highest BCUT2D eigenvalue weighted by molar-refractivity contribution is 5.96. The zero-order valence-electron chi connectivity index (χ0n) is 10.1. The van der Waals surface area contributed by atoms with E-state index < -0.39 is 0 Å². The first kappa shape index (κ1) is 12.5. The van der Waals surface area contributed by atoms with E-state index in [0.717, 1.165) is 6.42 Å². The standard InChI is InChI=1S/C12H19N3O/c1-12(2,3)6-8-15-11(16)10-9(13)5-4-7-14-10/h4-5,7H,6,8,13H2,1-3H3,(H,15,16). The maximum Gasteiger partial charge on any atom is 0.272 e. The Kier molecular flexibility index (Phi) is 3.88. The van der Waals surface area contributed by atoms with Gasteiger partial charge in [-0.05, 0) is 24.0 Å². The van der Waals surface area contributed by atoms with Crippen molar-refractivity contribution >= 4 is 11.6 Å². The van der Waals surface area contributed by atoms with Crippen LogP contribution in [0, 0.1) is 5.41 Å². The van der Waals surface area contributed by atoms with Crippen LogP contribution in [0.1, 0.15) is 37.7 Å². The Balaban J connectivity index is 2.51. The van der Waals surface area contributed by atoms with Crippen molar-refractivity contribution in [3.8, 4) is 0 Å². The number of pyridine rings is 1. The van der Waals surface area contributed by atoms with Crippen LogP contribution in [0.5, 0.6) is 0 Å². The van der Waals surface area contributed by atoms with Gasteiger partial charge in [0, 0.05) is 12.7 Å². The summed E-state index contributed by atoms with van der Waals surface area (Å²) in [7, 11) is 0. The molecule has 0 fully saturated rings. The Hall–Kier alpha value is -1.58. The van der Waals surface area contributed by atoms with Crippen LogP contribution in [0.3, 0.4) is 0 Å². The number of carbonyl (C=O) groups is 1. The summed E-state index contributed by atoms with van der Waals surface area (Å²) < 4.78 is 0. The van der Waals surface area contributed by atoms with E-state index in [4.69, 9.17) is 5.73 Å². The Labute approximate surface area is 96.3 Å². The quantitative estimate of drug-likeness (QED) is 0.818. The van der Waals surface area contributed by atoms with Gasteiger partial charge < -0.3 is 11.1 Å². The fourth-order valence-corrected chi connectivity index (χ4v) is 1.24. The molecule has 16 heavy (non-hydrogen) atoms. The van der Waals surface area contributed by atoms with Crippen LogP contribution in [0.2, 0.25) is 0 Å². The van der Waals surface area contributed by atoms with Crippen molar-refractivity contribution in [2.75, 3.05) is 12.3 Å². The number of anilines is 1. The summed E-state index contributed by atoms with van der Waals surface area (Å²) in [6.45, 7) is 7.04. The molecule has 0 radical (unpaired) electrons. The largest absolute Gasteiger partial charge is 0.397 e. The number of nitrogens with zero attached hydrogens (tertiary/aromatic N) is 1. The monoisotopic (exact) mass is 221 g/mol. The number of carbonyl (C=O) groups excluding carboxylic acids is 1. The molecule has 0 spiro atoms. The smallest absolute Gasteiger partial charge is 0.272 e. The van der Waals surface area contributed by atoms with Crippen LogP contribution in [-0.4, -0.2) is 17.4 Å². The van der Waals surface area contributed by atoms with E-state index in [9.17, 15) is 4.79 Å². The van der Waals surface area contributed by atoms with Gasteiger partial charge in [-0.25, -0.2) is 4.98 Å². The molecule has 4 nitrogen and oxygen atoms in total. The number of aromatic nitrogens is 1. The molecular weight excluding hydrogens is 202 g/mol. The van der Waals surface area contributed by atoms with Crippen LogP contribution in [0.25, 0.3) is 0 Å². The van der Waals surface area contributed by atoms with Gasteiger partial charge >= 0.3 is 0 Å². The van der Waals surface area contributed by atoms with Gasteiger partial charge in [-0.2, -0.15) is 0 Å². The molecule has 0 aliphatic rings. The molecule has 0 aromatic carbocycles. The second-order valence-electron chi connectivity index (χ2n) is 5.01. The van der Waals surface area contributed by atoms with Crippen molar-refractivity contribution in [3.63, 3.8) is 0 Å². The fourth-order valence-electron chi connectivity index (χ4n) is 1.24. The van der Waals surface area contributed by atoms with Gasteiger partial charge in [0.25, 0.3) is 5.91 Å².